The molecule has 2 aromatic rings. The van der Waals surface area contributed by atoms with Crippen molar-refractivity contribution in [2.45, 2.75) is 0 Å². The van der Waals surface area contributed by atoms with Crippen LogP contribution in [-0.2, 0) is 0 Å². The van der Waals surface area contributed by atoms with E-state index in [1.54, 1.807) is 29.2 Å². The van der Waals surface area contributed by atoms with Crippen LogP contribution in [0.5, 0.6) is 0 Å². The molecule has 2 aromatic heterocycles. The number of pyridine rings is 1. The van der Waals surface area contributed by atoms with E-state index in [0.29, 0.717) is 5.69 Å². The number of hydrogen-bond donors (Lipinski definition) is 0. The van der Waals surface area contributed by atoms with Crippen molar-refractivity contribution in [3.8, 4) is 5.69 Å². The minimum absolute atomic E-state index is 0.497. The van der Waals surface area contributed by atoms with Gasteiger partial charge in [0.15, 0.2) is 0 Å². The number of rotatable bonds is 1. The normalized spacial score (nSPS) is 10.1. The van der Waals surface area contributed by atoms with Crippen molar-refractivity contribution in [1.29, 1.82) is 0 Å². The van der Waals surface area contributed by atoms with E-state index >= 15 is 0 Å². The summed E-state index contributed by atoms with van der Waals surface area (Å²) in [7, 11) is 0. The minimum atomic E-state index is -0.497. The van der Waals surface area contributed by atoms with Gasteiger partial charge in [-0.3, -0.25) is 0 Å². The van der Waals surface area contributed by atoms with E-state index < -0.39 is 5.95 Å². The van der Waals surface area contributed by atoms with Crippen LogP contribution < -0.4 is 0 Å². The fourth-order valence-corrected chi connectivity index (χ4v) is 0.956. The van der Waals surface area contributed by atoms with Crippen molar-refractivity contribution in [3.05, 3.63) is 42.7 Å². The van der Waals surface area contributed by atoms with E-state index in [4.69, 9.17) is 0 Å². The van der Waals surface area contributed by atoms with E-state index in [-0.39, 0.29) is 0 Å². The Morgan fingerprint density at radius 3 is 2.92 bits per heavy atom. The molecule has 12 heavy (non-hydrogen) atoms. The topological polar surface area (TPSA) is 30.7 Å². The zero-order valence-corrected chi connectivity index (χ0v) is 6.18. The predicted octanol–water partition coefficient (Wildman–Crippen LogP) is 1.41. The maximum absolute atomic E-state index is 12.6. The lowest BCUT2D eigenvalue weighted by Crippen LogP contribution is -1.95. The maximum Gasteiger partial charge on any atom is 0.214 e. The van der Waals surface area contributed by atoms with Crippen LogP contribution in [0.25, 0.3) is 5.69 Å². The third kappa shape index (κ3) is 1.18. The average molecular weight is 163 g/mol. The molecule has 0 saturated heterocycles. The Hall–Kier alpha value is -1.71. The second-order valence-corrected chi connectivity index (χ2v) is 2.29. The van der Waals surface area contributed by atoms with E-state index in [1.807, 2.05) is 0 Å². The SMILES string of the molecule is Fc1cc(-n2cccn2)ccn1. The zero-order chi connectivity index (χ0) is 8.39. The van der Waals surface area contributed by atoms with Crippen LogP contribution in [0.4, 0.5) is 4.39 Å². The molecule has 0 atom stereocenters. The number of halogens is 1. The van der Waals surface area contributed by atoms with E-state index in [1.165, 1.54) is 12.3 Å². The van der Waals surface area contributed by atoms with Gasteiger partial charge >= 0.3 is 0 Å². The first-order chi connectivity index (χ1) is 5.86. The van der Waals surface area contributed by atoms with Gasteiger partial charge in [-0.05, 0) is 12.1 Å². The fourth-order valence-electron chi connectivity index (χ4n) is 0.956. The molecule has 2 rings (SSSR count). The molecule has 60 valence electrons. The Morgan fingerprint density at radius 1 is 1.33 bits per heavy atom. The molecular weight excluding hydrogens is 157 g/mol. The highest BCUT2D eigenvalue weighted by atomic mass is 19.1. The fraction of sp³-hybridized carbons (Fsp3) is 0. The smallest absolute Gasteiger partial charge is 0.214 e. The molecule has 4 heteroatoms. The van der Waals surface area contributed by atoms with Gasteiger partial charge < -0.3 is 0 Å². The summed E-state index contributed by atoms with van der Waals surface area (Å²) in [6.07, 6.45) is 4.79. The largest absolute Gasteiger partial charge is 0.241 e. The van der Waals surface area contributed by atoms with Crippen molar-refractivity contribution in [2.24, 2.45) is 0 Å². The summed E-state index contributed by atoms with van der Waals surface area (Å²) in [4.78, 5) is 3.44. The van der Waals surface area contributed by atoms with E-state index in [0.717, 1.165) is 0 Å². The van der Waals surface area contributed by atoms with Gasteiger partial charge in [-0.1, -0.05) is 0 Å². The number of nitrogens with zero attached hydrogens (tertiary/aromatic N) is 3. The summed E-state index contributed by atoms with van der Waals surface area (Å²) < 4.78 is 14.2. The molecule has 0 bridgehead atoms. The molecule has 3 nitrogen and oxygen atoms in total. The maximum atomic E-state index is 12.6. The summed E-state index contributed by atoms with van der Waals surface area (Å²) in [5, 5.41) is 3.95. The molecule has 0 radical (unpaired) electrons. The van der Waals surface area contributed by atoms with Gasteiger partial charge in [0.1, 0.15) is 0 Å². The van der Waals surface area contributed by atoms with Crippen LogP contribution in [0.3, 0.4) is 0 Å². The second kappa shape index (κ2) is 2.73. The van der Waals surface area contributed by atoms with Gasteiger partial charge in [0.05, 0.1) is 5.69 Å². The first kappa shape index (κ1) is 6.97. The summed E-state index contributed by atoms with van der Waals surface area (Å²) >= 11 is 0. The van der Waals surface area contributed by atoms with Crippen LogP contribution in [0.15, 0.2) is 36.8 Å². The molecule has 0 aliphatic carbocycles. The van der Waals surface area contributed by atoms with Gasteiger partial charge in [-0.15, -0.1) is 0 Å². The highest BCUT2D eigenvalue weighted by Crippen LogP contribution is 2.04. The first-order valence-corrected chi connectivity index (χ1v) is 3.48. The molecule has 0 N–H and O–H groups in total. The zero-order valence-electron chi connectivity index (χ0n) is 6.18. The molecule has 0 amide bonds. The van der Waals surface area contributed by atoms with Crippen LogP contribution in [-0.4, -0.2) is 14.8 Å². The van der Waals surface area contributed by atoms with Crippen molar-refractivity contribution in [2.75, 3.05) is 0 Å². The molecule has 0 aliphatic heterocycles. The van der Waals surface area contributed by atoms with Gasteiger partial charge in [0.25, 0.3) is 0 Å². The standard InChI is InChI=1S/C8H6FN3/c9-8-6-7(2-4-10-8)12-5-1-3-11-12/h1-6H. The molecule has 0 aromatic carbocycles. The van der Waals surface area contributed by atoms with E-state index in [9.17, 15) is 4.39 Å². The van der Waals surface area contributed by atoms with Crippen molar-refractivity contribution < 1.29 is 4.39 Å². The number of hydrogen-bond acceptors (Lipinski definition) is 2. The molecule has 0 saturated carbocycles. The van der Waals surface area contributed by atoms with Crippen molar-refractivity contribution in [1.82, 2.24) is 14.8 Å². The van der Waals surface area contributed by atoms with Gasteiger partial charge in [0.2, 0.25) is 5.95 Å². The molecule has 0 unspecified atom stereocenters. The Kier molecular flexibility index (Phi) is 1.59. The van der Waals surface area contributed by atoms with Crippen molar-refractivity contribution >= 4 is 0 Å². The minimum Gasteiger partial charge on any atom is -0.241 e. The van der Waals surface area contributed by atoms with Gasteiger partial charge in [0, 0.05) is 24.7 Å². The van der Waals surface area contributed by atoms with Crippen LogP contribution in [0.2, 0.25) is 0 Å². The Balaban J connectivity index is 2.48. The highest BCUT2D eigenvalue weighted by molar-refractivity contribution is 5.27. The van der Waals surface area contributed by atoms with Crippen molar-refractivity contribution in [3.63, 3.8) is 0 Å². The molecule has 0 aliphatic rings. The van der Waals surface area contributed by atoms with Crippen LogP contribution in [0.1, 0.15) is 0 Å². The second-order valence-electron chi connectivity index (χ2n) is 2.29. The monoisotopic (exact) mass is 163 g/mol. The highest BCUT2D eigenvalue weighted by Gasteiger charge is 1.96. The quantitative estimate of drug-likeness (QED) is 0.595. The molecule has 0 spiro atoms. The Labute approximate surface area is 68.5 Å². The first-order valence-electron chi connectivity index (χ1n) is 3.48. The summed E-state index contributed by atoms with van der Waals surface area (Å²) in [5.74, 6) is -0.497. The predicted molar refractivity (Wildman–Crippen MR) is 41.3 cm³/mol. The van der Waals surface area contributed by atoms with Crippen LogP contribution >= 0.6 is 0 Å². The summed E-state index contributed by atoms with van der Waals surface area (Å²) in [5.41, 5.74) is 0.674. The third-order valence-electron chi connectivity index (χ3n) is 1.48. The molecular formula is C8H6FN3. The third-order valence-corrected chi connectivity index (χ3v) is 1.48. The van der Waals surface area contributed by atoms with Gasteiger partial charge in [-0.2, -0.15) is 9.49 Å². The summed E-state index contributed by atoms with van der Waals surface area (Å²) in [6.45, 7) is 0. The molecule has 2 heterocycles. The lowest BCUT2D eigenvalue weighted by atomic mass is 10.4. The molecule has 0 fully saturated rings. The van der Waals surface area contributed by atoms with Crippen LogP contribution in [0, 0.1) is 5.95 Å². The lowest BCUT2D eigenvalue weighted by molar-refractivity contribution is 0.581. The number of aromatic nitrogens is 3. The van der Waals surface area contributed by atoms with Gasteiger partial charge in [-0.25, -0.2) is 9.67 Å². The summed E-state index contributed by atoms with van der Waals surface area (Å²) in [6, 6.07) is 4.79. The lowest BCUT2D eigenvalue weighted by Gasteiger charge is -1.98. The average Bonchev–Trinajstić information content (AvgIpc) is 2.56. The Morgan fingerprint density at radius 2 is 2.25 bits per heavy atom. The Bertz CT molecular complexity index is 370. The van der Waals surface area contributed by atoms with E-state index in [2.05, 4.69) is 10.1 Å².